The third kappa shape index (κ3) is 4.16. The lowest BCUT2D eigenvalue weighted by atomic mass is 10.1. The van der Waals surface area contributed by atoms with Gasteiger partial charge in [-0.15, -0.1) is 11.3 Å². The van der Waals surface area contributed by atoms with E-state index in [0.29, 0.717) is 6.04 Å². The molecule has 116 valence electrons. The zero-order valence-electron chi connectivity index (χ0n) is 12.1. The van der Waals surface area contributed by atoms with Gasteiger partial charge in [-0.25, -0.2) is 0 Å². The van der Waals surface area contributed by atoms with E-state index in [2.05, 4.69) is 74.1 Å². The van der Waals surface area contributed by atoms with E-state index in [1.165, 1.54) is 4.88 Å². The molecule has 0 bridgehead atoms. The van der Waals surface area contributed by atoms with Gasteiger partial charge in [0.1, 0.15) is 0 Å². The van der Waals surface area contributed by atoms with E-state index in [0.717, 1.165) is 33.2 Å². The monoisotopic (exact) mass is 434 g/mol. The lowest BCUT2D eigenvalue weighted by Gasteiger charge is -2.14. The quantitative estimate of drug-likeness (QED) is 0.494. The van der Waals surface area contributed by atoms with Crippen molar-refractivity contribution in [2.45, 2.75) is 45.2 Å². The largest absolute Gasteiger partial charge is 0.271 e. The van der Waals surface area contributed by atoms with Crippen molar-refractivity contribution >= 4 is 43.2 Å². The molecule has 3 N–H and O–H groups in total. The molecule has 1 atom stereocenters. The SMILES string of the molecule is CCC(CC)n1ccc(CC(NN)c2cc(Br)c(Br)s2)n1. The van der Waals surface area contributed by atoms with E-state index in [-0.39, 0.29) is 6.04 Å². The van der Waals surface area contributed by atoms with Crippen molar-refractivity contribution in [1.82, 2.24) is 15.2 Å². The Balaban J connectivity index is 2.12. The summed E-state index contributed by atoms with van der Waals surface area (Å²) in [5.41, 5.74) is 3.95. The fraction of sp³-hybridized carbons (Fsp3) is 0.500. The molecule has 21 heavy (non-hydrogen) atoms. The molecule has 0 aromatic carbocycles. The molecule has 2 aromatic rings. The minimum absolute atomic E-state index is 0.0719. The first-order chi connectivity index (χ1) is 10.1. The van der Waals surface area contributed by atoms with Gasteiger partial charge < -0.3 is 0 Å². The zero-order chi connectivity index (χ0) is 15.4. The first-order valence-corrected chi connectivity index (χ1v) is 9.44. The van der Waals surface area contributed by atoms with E-state index < -0.39 is 0 Å². The Hall–Kier alpha value is -0.210. The molecule has 0 amide bonds. The maximum absolute atomic E-state index is 5.72. The number of thiophene rings is 1. The summed E-state index contributed by atoms with van der Waals surface area (Å²) in [6.45, 7) is 4.39. The van der Waals surface area contributed by atoms with Crippen LogP contribution in [0.1, 0.15) is 49.3 Å². The predicted octanol–water partition coefficient (Wildman–Crippen LogP) is 4.58. The normalized spacial score (nSPS) is 13.0. The van der Waals surface area contributed by atoms with Crippen molar-refractivity contribution in [3.63, 3.8) is 0 Å². The molecule has 4 nitrogen and oxygen atoms in total. The molecule has 0 aliphatic carbocycles. The van der Waals surface area contributed by atoms with Crippen molar-refractivity contribution in [2.75, 3.05) is 0 Å². The van der Waals surface area contributed by atoms with Gasteiger partial charge in [0, 0.05) is 22.0 Å². The van der Waals surface area contributed by atoms with E-state index in [9.17, 15) is 0 Å². The topological polar surface area (TPSA) is 55.9 Å². The van der Waals surface area contributed by atoms with Crippen molar-refractivity contribution in [2.24, 2.45) is 5.84 Å². The highest BCUT2D eigenvalue weighted by atomic mass is 79.9. The zero-order valence-corrected chi connectivity index (χ0v) is 16.1. The number of aromatic nitrogens is 2. The molecule has 7 heteroatoms. The minimum Gasteiger partial charge on any atom is -0.271 e. The van der Waals surface area contributed by atoms with Crippen LogP contribution in [0.4, 0.5) is 0 Å². The fourth-order valence-electron chi connectivity index (χ4n) is 2.34. The van der Waals surface area contributed by atoms with E-state index in [4.69, 9.17) is 10.9 Å². The van der Waals surface area contributed by atoms with Crippen LogP contribution in [0.15, 0.2) is 26.6 Å². The predicted molar refractivity (Wildman–Crippen MR) is 95.3 cm³/mol. The molecule has 2 rings (SSSR count). The summed E-state index contributed by atoms with van der Waals surface area (Å²) in [6, 6.07) is 4.73. The summed E-state index contributed by atoms with van der Waals surface area (Å²) in [5.74, 6) is 5.72. The van der Waals surface area contributed by atoms with E-state index >= 15 is 0 Å². The average Bonchev–Trinajstić information content (AvgIpc) is 3.06. The highest BCUT2D eigenvalue weighted by Gasteiger charge is 2.17. The summed E-state index contributed by atoms with van der Waals surface area (Å²) < 4.78 is 4.22. The second-order valence-electron chi connectivity index (χ2n) is 4.95. The molecule has 0 aliphatic heterocycles. The van der Waals surface area contributed by atoms with Gasteiger partial charge in [0.05, 0.1) is 21.6 Å². The van der Waals surface area contributed by atoms with Crippen LogP contribution < -0.4 is 11.3 Å². The molecule has 2 aromatic heterocycles. The number of hydrazine groups is 1. The third-order valence-corrected chi connectivity index (χ3v) is 6.97. The molecule has 0 aliphatic rings. The lowest BCUT2D eigenvalue weighted by Crippen LogP contribution is -2.29. The summed E-state index contributed by atoms with van der Waals surface area (Å²) in [7, 11) is 0. The third-order valence-electron chi connectivity index (χ3n) is 3.60. The van der Waals surface area contributed by atoms with E-state index in [1.807, 2.05) is 0 Å². The molecule has 0 spiro atoms. The molecule has 0 radical (unpaired) electrons. The Kier molecular flexibility index (Phi) is 6.43. The first kappa shape index (κ1) is 17.1. The van der Waals surface area contributed by atoms with Gasteiger partial charge in [-0.3, -0.25) is 16.0 Å². The Morgan fingerprint density at radius 1 is 1.38 bits per heavy atom. The van der Waals surface area contributed by atoms with Crippen LogP contribution in [-0.4, -0.2) is 9.78 Å². The van der Waals surface area contributed by atoms with Gasteiger partial charge in [-0.1, -0.05) is 13.8 Å². The van der Waals surface area contributed by atoms with Crippen molar-refractivity contribution in [1.29, 1.82) is 0 Å². The van der Waals surface area contributed by atoms with Crippen molar-refractivity contribution in [3.8, 4) is 0 Å². The van der Waals surface area contributed by atoms with Crippen LogP contribution in [0.25, 0.3) is 0 Å². The highest BCUT2D eigenvalue weighted by Crippen LogP contribution is 2.36. The van der Waals surface area contributed by atoms with Crippen LogP contribution in [0.2, 0.25) is 0 Å². The minimum atomic E-state index is 0.0719. The summed E-state index contributed by atoms with van der Waals surface area (Å²) in [4.78, 5) is 1.19. The molecule has 0 fully saturated rings. The molecule has 0 saturated heterocycles. The van der Waals surface area contributed by atoms with Gasteiger partial charge in [0.2, 0.25) is 0 Å². The van der Waals surface area contributed by atoms with Crippen LogP contribution in [0, 0.1) is 0 Å². The standard InChI is InChI=1S/C14H20Br2N4S/c1-3-10(4-2)20-6-5-9(19-20)7-12(18-17)13-8-11(15)14(16)21-13/h5-6,8,10,12,18H,3-4,7,17H2,1-2H3. The van der Waals surface area contributed by atoms with Gasteiger partial charge in [-0.2, -0.15) is 5.10 Å². The summed E-state index contributed by atoms with van der Waals surface area (Å²) >= 11 is 8.72. The maximum Gasteiger partial charge on any atom is 0.0843 e. The Morgan fingerprint density at radius 2 is 2.10 bits per heavy atom. The molecular formula is C14H20Br2N4S. The Morgan fingerprint density at radius 3 is 2.62 bits per heavy atom. The second kappa shape index (κ2) is 7.87. The number of hydrogen-bond donors (Lipinski definition) is 2. The molecule has 0 saturated carbocycles. The maximum atomic E-state index is 5.72. The summed E-state index contributed by atoms with van der Waals surface area (Å²) in [5, 5.41) is 4.70. The van der Waals surface area contributed by atoms with Crippen molar-refractivity contribution < 1.29 is 0 Å². The van der Waals surface area contributed by atoms with Gasteiger partial charge in [0.25, 0.3) is 0 Å². The van der Waals surface area contributed by atoms with E-state index in [1.54, 1.807) is 11.3 Å². The van der Waals surface area contributed by atoms with Crippen molar-refractivity contribution in [3.05, 3.63) is 37.2 Å². The van der Waals surface area contributed by atoms with Crippen LogP contribution in [0.5, 0.6) is 0 Å². The van der Waals surface area contributed by atoms with Crippen LogP contribution in [0.3, 0.4) is 0 Å². The average molecular weight is 436 g/mol. The summed E-state index contributed by atoms with van der Waals surface area (Å²) in [6.07, 6.45) is 5.05. The smallest absolute Gasteiger partial charge is 0.0843 e. The highest BCUT2D eigenvalue weighted by molar-refractivity contribution is 9.13. The number of halogens is 2. The Bertz CT molecular complexity index is 558. The fourth-order valence-corrected chi connectivity index (χ4v) is 4.49. The lowest BCUT2D eigenvalue weighted by molar-refractivity contribution is 0.423. The number of nitrogens with one attached hydrogen (secondary N) is 1. The Labute approximate surface area is 146 Å². The number of nitrogens with two attached hydrogens (primary N) is 1. The van der Waals surface area contributed by atoms with Gasteiger partial charge in [-0.05, 0) is 56.8 Å². The first-order valence-electron chi connectivity index (χ1n) is 7.03. The molecule has 2 heterocycles. The van der Waals surface area contributed by atoms with Crippen LogP contribution >= 0.6 is 43.2 Å². The molecule has 1 unspecified atom stereocenters. The molecular weight excluding hydrogens is 416 g/mol. The second-order valence-corrected chi connectivity index (χ2v) is 8.21. The van der Waals surface area contributed by atoms with Gasteiger partial charge in [0.15, 0.2) is 0 Å². The number of nitrogens with zero attached hydrogens (tertiary/aromatic N) is 2. The number of hydrogen-bond acceptors (Lipinski definition) is 4. The van der Waals surface area contributed by atoms with Crippen LogP contribution in [-0.2, 0) is 6.42 Å². The number of rotatable bonds is 7. The van der Waals surface area contributed by atoms with Gasteiger partial charge >= 0.3 is 0 Å².